The predicted molar refractivity (Wildman–Crippen MR) is 73.0 cm³/mol. The fraction of sp³-hybridized carbons (Fsp3) is 0.538. The first kappa shape index (κ1) is 12.2. The summed E-state index contributed by atoms with van der Waals surface area (Å²) in [5, 5.41) is 5.26. The van der Waals surface area contributed by atoms with E-state index in [1.54, 1.807) is 6.07 Å². The highest BCUT2D eigenvalue weighted by molar-refractivity contribution is 6.34. The molecule has 0 heterocycles. The molecule has 0 spiro atoms. The summed E-state index contributed by atoms with van der Waals surface area (Å²) < 4.78 is 0. The molecule has 2 aliphatic rings. The van der Waals surface area contributed by atoms with Crippen molar-refractivity contribution in [2.75, 3.05) is 0 Å². The molecule has 0 bridgehead atoms. The van der Waals surface area contributed by atoms with E-state index >= 15 is 0 Å². The first-order valence-corrected chi connectivity index (χ1v) is 6.90. The highest BCUT2D eigenvalue weighted by Gasteiger charge is 2.57. The lowest BCUT2D eigenvalue weighted by molar-refractivity contribution is 0.383. The van der Waals surface area contributed by atoms with Gasteiger partial charge < -0.3 is 0 Å². The Morgan fingerprint density at radius 1 is 1.28 bits per heavy atom. The third-order valence-corrected chi connectivity index (χ3v) is 4.80. The lowest BCUT2D eigenvalue weighted by Gasteiger charge is -2.26. The number of halogens is 2. The van der Waals surface area contributed by atoms with Crippen LogP contribution in [0.5, 0.6) is 0 Å². The summed E-state index contributed by atoms with van der Waals surface area (Å²) in [7, 11) is 0. The van der Waals surface area contributed by atoms with Crippen LogP contribution in [0.15, 0.2) is 23.3 Å². The molecule has 0 saturated heterocycles. The molecular weight excluding hydrogens is 269 g/mol. The molecule has 1 aromatic rings. The van der Waals surface area contributed by atoms with Gasteiger partial charge in [-0.05, 0) is 66.3 Å². The highest BCUT2D eigenvalue weighted by atomic mass is 35.5. The molecular formula is C13H13Cl2N3. The molecule has 3 nitrogen and oxygen atoms in total. The van der Waals surface area contributed by atoms with Crippen LogP contribution in [0.3, 0.4) is 0 Å². The molecule has 3 rings (SSSR count). The first-order chi connectivity index (χ1) is 8.64. The molecule has 94 valence electrons. The van der Waals surface area contributed by atoms with Crippen LogP contribution >= 0.6 is 23.2 Å². The maximum atomic E-state index is 8.50. The van der Waals surface area contributed by atoms with Gasteiger partial charge in [-0.3, -0.25) is 0 Å². The number of hydrogen-bond donors (Lipinski definition) is 0. The van der Waals surface area contributed by atoms with Gasteiger partial charge in [-0.2, -0.15) is 0 Å². The van der Waals surface area contributed by atoms with E-state index in [0.29, 0.717) is 16.0 Å². The van der Waals surface area contributed by atoms with Crippen molar-refractivity contribution in [2.45, 2.75) is 37.1 Å². The van der Waals surface area contributed by atoms with Gasteiger partial charge in [-0.15, -0.1) is 0 Å². The van der Waals surface area contributed by atoms with Gasteiger partial charge in [0.25, 0.3) is 0 Å². The molecule has 0 aromatic heterocycles. The summed E-state index contributed by atoms with van der Waals surface area (Å²) >= 11 is 12.2. The van der Waals surface area contributed by atoms with Gasteiger partial charge in [0, 0.05) is 21.0 Å². The molecule has 18 heavy (non-hydrogen) atoms. The van der Waals surface area contributed by atoms with Gasteiger partial charge in [0.05, 0.1) is 0 Å². The number of hydrogen-bond acceptors (Lipinski definition) is 1. The predicted octanol–water partition coefficient (Wildman–Crippen LogP) is 5.11. The molecule has 0 N–H and O–H groups in total. The minimum absolute atomic E-state index is 0.172. The van der Waals surface area contributed by atoms with E-state index in [-0.39, 0.29) is 11.5 Å². The summed E-state index contributed by atoms with van der Waals surface area (Å²) in [4.78, 5) is 2.92. The molecule has 0 aliphatic heterocycles. The van der Waals surface area contributed by atoms with Crippen LogP contribution in [-0.4, -0.2) is 6.04 Å². The van der Waals surface area contributed by atoms with Crippen molar-refractivity contribution in [2.24, 2.45) is 11.0 Å². The first-order valence-electron chi connectivity index (χ1n) is 6.15. The third kappa shape index (κ3) is 1.97. The molecule has 0 radical (unpaired) electrons. The summed E-state index contributed by atoms with van der Waals surface area (Å²) in [5.41, 5.74) is 10.00. The standard InChI is InChI=1S/C13H13Cl2N3/c14-10-3-8(4-11(15)6-10)13-2-1-12(17-18-16)5-9(13)7-13/h3-4,6,9,12H,1-2,5,7H2. The van der Waals surface area contributed by atoms with E-state index in [1.807, 2.05) is 12.1 Å². The van der Waals surface area contributed by atoms with Crippen LogP contribution in [0.2, 0.25) is 10.0 Å². The van der Waals surface area contributed by atoms with E-state index in [0.717, 1.165) is 19.3 Å². The molecule has 5 heteroatoms. The van der Waals surface area contributed by atoms with Crippen LogP contribution < -0.4 is 0 Å². The van der Waals surface area contributed by atoms with Gasteiger partial charge in [0.15, 0.2) is 0 Å². The Balaban J connectivity index is 1.85. The topological polar surface area (TPSA) is 48.8 Å². The van der Waals surface area contributed by atoms with Crippen LogP contribution in [-0.2, 0) is 5.41 Å². The largest absolute Gasteiger partial charge is 0.0906 e. The molecule has 2 fully saturated rings. The number of nitrogens with zero attached hydrogens (tertiary/aromatic N) is 3. The SMILES string of the molecule is [N-]=[N+]=NC1CCC2(c3cc(Cl)cc(Cl)c3)CC2C1. The maximum absolute atomic E-state index is 8.50. The fourth-order valence-electron chi connectivity index (χ4n) is 3.38. The Morgan fingerprint density at radius 2 is 2.00 bits per heavy atom. The minimum Gasteiger partial charge on any atom is -0.0906 e. The third-order valence-electron chi connectivity index (χ3n) is 4.36. The van der Waals surface area contributed by atoms with Crippen LogP contribution in [0.4, 0.5) is 0 Å². The highest BCUT2D eigenvalue weighted by Crippen LogP contribution is 2.63. The Kier molecular flexibility index (Phi) is 2.93. The summed E-state index contributed by atoms with van der Waals surface area (Å²) in [6, 6.07) is 6.00. The molecule has 3 unspecified atom stereocenters. The number of fused-ring (bicyclic) bond motifs is 1. The van der Waals surface area contributed by atoms with E-state index in [2.05, 4.69) is 10.0 Å². The molecule has 2 saturated carbocycles. The summed E-state index contributed by atoms with van der Waals surface area (Å²) in [5.74, 6) is 0.622. The fourth-order valence-corrected chi connectivity index (χ4v) is 3.91. The summed E-state index contributed by atoms with van der Waals surface area (Å²) in [6.45, 7) is 0. The van der Waals surface area contributed by atoms with Crippen LogP contribution in [0.1, 0.15) is 31.2 Å². The molecule has 2 aliphatic carbocycles. The van der Waals surface area contributed by atoms with Crippen molar-refractivity contribution in [3.8, 4) is 0 Å². The van der Waals surface area contributed by atoms with Gasteiger partial charge >= 0.3 is 0 Å². The summed E-state index contributed by atoms with van der Waals surface area (Å²) in [6.07, 6.45) is 4.19. The Labute approximate surface area is 116 Å². The molecule has 1 aromatic carbocycles. The van der Waals surface area contributed by atoms with E-state index in [1.165, 1.54) is 12.0 Å². The Hall–Kier alpha value is -0.890. The van der Waals surface area contributed by atoms with Gasteiger partial charge in [-0.1, -0.05) is 28.3 Å². The second-order valence-corrected chi connectivity index (χ2v) is 6.22. The number of rotatable bonds is 2. The van der Waals surface area contributed by atoms with Crippen molar-refractivity contribution in [3.05, 3.63) is 44.3 Å². The smallest absolute Gasteiger partial charge is 0.0423 e. The average molecular weight is 282 g/mol. The lowest BCUT2D eigenvalue weighted by atomic mass is 9.81. The lowest BCUT2D eigenvalue weighted by Crippen LogP contribution is -2.21. The van der Waals surface area contributed by atoms with Crippen molar-refractivity contribution in [3.63, 3.8) is 0 Å². The molecule has 0 amide bonds. The quantitative estimate of drug-likeness (QED) is 0.411. The van der Waals surface area contributed by atoms with E-state index in [9.17, 15) is 0 Å². The Morgan fingerprint density at radius 3 is 2.61 bits per heavy atom. The van der Waals surface area contributed by atoms with Crippen molar-refractivity contribution in [1.29, 1.82) is 0 Å². The van der Waals surface area contributed by atoms with Crippen molar-refractivity contribution >= 4 is 23.2 Å². The van der Waals surface area contributed by atoms with Gasteiger partial charge in [0.1, 0.15) is 0 Å². The van der Waals surface area contributed by atoms with Crippen LogP contribution in [0, 0.1) is 5.92 Å². The normalized spacial score (nSPS) is 33.4. The van der Waals surface area contributed by atoms with E-state index in [4.69, 9.17) is 28.7 Å². The zero-order valence-electron chi connectivity index (χ0n) is 9.81. The molecule has 3 atom stereocenters. The maximum Gasteiger partial charge on any atom is 0.0423 e. The monoisotopic (exact) mass is 281 g/mol. The number of azide groups is 1. The zero-order chi connectivity index (χ0) is 12.8. The van der Waals surface area contributed by atoms with E-state index < -0.39 is 0 Å². The average Bonchev–Trinajstić information content (AvgIpc) is 3.03. The van der Waals surface area contributed by atoms with Crippen LogP contribution in [0.25, 0.3) is 10.4 Å². The van der Waals surface area contributed by atoms with Crippen molar-refractivity contribution in [1.82, 2.24) is 0 Å². The minimum atomic E-state index is 0.172. The van der Waals surface area contributed by atoms with Gasteiger partial charge in [-0.25, -0.2) is 0 Å². The Bertz CT molecular complexity index is 519. The number of benzene rings is 1. The second kappa shape index (κ2) is 4.34. The second-order valence-electron chi connectivity index (χ2n) is 5.35. The van der Waals surface area contributed by atoms with Gasteiger partial charge in [0.2, 0.25) is 0 Å². The zero-order valence-corrected chi connectivity index (χ0v) is 11.3. The van der Waals surface area contributed by atoms with Crippen molar-refractivity contribution < 1.29 is 0 Å².